The third-order valence-corrected chi connectivity index (χ3v) is 3.03. The van der Waals surface area contributed by atoms with Gasteiger partial charge in [-0.25, -0.2) is 4.98 Å². The standard InChI is InChI=1S/C11H9Cl2N/c1-7-8-4-2-3-5-9(8)14-10(6-12)11(7)13/h2-5H,6H2,1H3. The van der Waals surface area contributed by atoms with Crippen LogP contribution in [0.15, 0.2) is 24.3 Å². The maximum atomic E-state index is 6.13. The van der Waals surface area contributed by atoms with E-state index in [9.17, 15) is 0 Å². The number of fused-ring (bicyclic) bond motifs is 1. The van der Waals surface area contributed by atoms with Gasteiger partial charge >= 0.3 is 0 Å². The summed E-state index contributed by atoms with van der Waals surface area (Å²) in [6.07, 6.45) is 0. The molecule has 0 bridgehead atoms. The van der Waals surface area contributed by atoms with Gasteiger partial charge in [0.2, 0.25) is 0 Å². The zero-order valence-corrected chi connectivity index (χ0v) is 9.23. The van der Waals surface area contributed by atoms with E-state index >= 15 is 0 Å². The predicted octanol–water partition coefficient (Wildman–Crippen LogP) is 3.94. The lowest BCUT2D eigenvalue weighted by molar-refractivity contribution is 1.20. The van der Waals surface area contributed by atoms with E-state index in [0.29, 0.717) is 10.9 Å². The Morgan fingerprint density at radius 3 is 2.71 bits per heavy atom. The molecule has 2 rings (SSSR count). The Morgan fingerprint density at radius 1 is 1.29 bits per heavy atom. The molecule has 0 fully saturated rings. The van der Waals surface area contributed by atoms with Crippen molar-refractivity contribution in [3.05, 3.63) is 40.5 Å². The molecule has 0 aliphatic heterocycles. The number of benzene rings is 1. The van der Waals surface area contributed by atoms with Gasteiger partial charge in [-0.15, -0.1) is 11.6 Å². The van der Waals surface area contributed by atoms with Crippen LogP contribution in [0.2, 0.25) is 5.02 Å². The van der Waals surface area contributed by atoms with Gasteiger partial charge in [0.15, 0.2) is 0 Å². The van der Waals surface area contributed by atoms with E-state index in [1.54, 1.807) is 0 Å². The number of aryl methyl sites for hydroxylation is 1. The molecule has 1 aromatic heterocycles. The molecular formula is C11H9Cl2N. The van der Waals surface area contributed by atoms with Crippen LogP contribution >= 0.6 is 23.2 Å². The molecule has 3 heteroatoms. The SMILES string of the molecule is Cc1c(Cl)c(CCl)nc2ccccc12. The van der Waals surface area contributed by atoms with Crippen molar-refractivity contribution in [3.8, 4) is 0 Å². The minimum Gasteiger partial charge on any atom is -0.250 e. The molecule has 1 nitrogen and oxygen atoms in total. The van der Waals surface area contributed by atoms with Crippen molar-refractivity contribution in [2.75, 3.05) is 0 Å². The fourth-order valence-corrected chi connectivity index (χ4v) is 1.98. The lowest BCUT2D eigenvalue weighted by Crippen LogP contribution is -1.92. The number of hydrogen-bond acceptors (Lipinski definition) is 1. The summed E-state index contributed by atoms with van der Waals surface area (Å²) in [5.74, 6) is 0.352. The average Bonchev–Trinajstić information content (AvgIpc) is 2.23. The van der Waals surface area contributed by atoms with Crippen LogP contribution in [-0.2, 0) is 5.88 Å². The summed E-state index contributed by atoms with van der Waals surface area (Å²) in [6, 6.07) is 7.92. The van der Waals surface area contributed by atoms with Gasteiger partial charge in [0.1, 0.15) is 0 Å². The third-order valence-electron chi connectivity index (χ3n) is 2.27. The van der Waals surface area contributed by atoms with Gasteiger partial charge in [0, 0.05) is 5.39 Å². The van der Waals surface area contributed by atoms with Gasteiger partial charge in [0.25, 0.3) is 0 Å². The Balaban J connectivity index is 2.85. The van der Waals surface area contributed by atoms with Crippen molar-refractivity contribution in [2.24, 2.45) is 0 Å². The Hall–Kier alpha value is -0.790. The van der Waals surface area contributed by atoms with Crippen LogP contribution < -0.4 is 0 Å². The van der Waals surface area contributed by atoms with Crippen LogP contribution in [0, 0.1) is 6.92 Å². The number of halogens is 2. The van der Waals surface area contributed by atoms with Crippen LogP contribution in [0.3, 0.4) is 0 Å². The lowest BCUT2D eigenvalue weighted by atomic mass is 10.1. The molecule has 72 valence electrons. The van der Waals surface area contributed by atoms with E-state index in [0.717, 1.165) is 22.2 Å². The largest absolute Gasteiger partial charge is 0.250 e. The van der Waals surface area contributed by atoms with Gasteiger partial charge in [-0.05, 0) is 18.6 Å². The number of hydrogen-bond donors (Lipinski definition) is 0. The second-order valence-corrected chi connectivity index (χ2v) is 3.79. The van der Waals surface area contributed by atoms with Gasteiger partial charge in [-0.3, -0.25) is 0 Å². The molecular weight excluding hydrogens is 217 g/mol. The van der Waals surface area contributed by atoms with Crippen LogP contribution in [0.4, 0.5) is 0 Å². The van der Waals surface area contributed by atoms with Crippen molar-refractivity contribution in [1.82, 2.24) is 4.98 Å². The quantitative estimate of drug-likeness (QED) is 0.671. The first-order valence-corrected chi connectivity index (χ1v) is 5.25. The number of pyridine rings is 1. The first kappa shape index (κ1) is 9.75. The highest BCUT2D eigenvalue weighted by molar-refractivity contribution is 6.33. The highest BCUT2D eigenvalue weighted by Crippen LogP contribution is 2.27. The molecule has 1 heterocycles. The highest BCUT2D eigenvalue weighted by Gasteiger charge is 2.08. The molecule has 0 unspecified atom stereocenters. The number of para-hydroxylation sites is 1. The Bertz CT molecular complexity index is 480. The molecule has 1 aromatic carbocycles. The molecule has 0 aliphatic carbocycles. The first-order chi connectivity index (χ1) is 6.74. The van der Waals surface area contributed by atoms with Gasteiger partial charge in [-0.2, -0.15) is 0 Å². The van der Waals surface area contributed by atoms with E-state index in [-0.39, 0.29) is 0 Å². The smallest absolute Gasteiger partial charge is 0.0747 e. The molecule has 0 N–H and O–H groups in total. The van der Waals surface area contributed by atoms with Gasteiger partial charge < -0.3 is 0 Å². The summed E-state index contributed by atoms with van der Waals surface area (Å²) in [6.45, 7) is 1.99. The summed E-state index contributed by atoms with van der Waals surface area (Å²) < 4.78 is 0. The summed E-state index contributed by atoms with van der Waals surface area (Å²) in [4.78, 5) is 4.39. The lowest BCUT2D eigenvalue weighted by Gasteiger charge is -2.07. The summed E-state index contributed by atoms with van der Waals surface area (Å²) in [7, 11) is 0. The Morgan fingerprint density at radius 2 is 2.00 bits per heavy atom. The molecule has 0 aliphatic rings. The maximum absolute atomic E-state index is 6.13. The average molecular weight is 226 g/mol. The van der Waals surface area contributed by atoms with Gasteiger partial charge in [-0.1, -0.05) is 29.8 Å². The van der Waals surface area contributed by atoms with Gasteiger partial charge in [0.05, 0.1) is 22.1 Å². The van der Waals surface area contributed by atoms with Crippen molar-refractivity contribution in [2.45, 2.75) is 12.8 Å². The minimum absolute atomic E-state index is 0.352. The maximum Gasteiger partial charge on any atom is 0.0747 e. The van der Waals surface area contributed by atoms with Crippen molar-refractivity contribution in [1.29, 1.82) is 0 Å². The number of alkyl halides is 1. The van der Waals surface area contributed by atoms with E-state index in [2.05, 4.69) is 4.98 Å². The molecule has 14 heavy (non-hydrogen) atoms. The molecule has 0 spiro atoms. The van der Waals surface area contributed by atoms with Crippen LogP contribution in [0.1, 0.15) is 11.3 Å². The zero-order chi connectivity index (χ0) is 10.1. The molecule has 2 aromatic rings. The predicted molar refractivity (Wildman–Crippen MR) is 61.0 cm³/mol. The molecule has 0 saturated carbocycles. The summed E-state index contributed by atoms with van der Waals surface area (Å²) in [5.41, 5.74) is 2.75. The first-order valence-electron chi connectivity index (χ1n) is 4.33. The van der Waals surface area contributed by atoms with Crippen molar-refractivity contribution in [3.63, 3.8) is 0 Å². The van der Waals surface area contributed by atoms with E-state index in [4.69, 9.17) is 23.2 Å². The number of nitrogens with zero attached hydrogens (tertiary/aromatic N) is 1. The van der Waals surface area contributed by atoms with E-state index < -0.39 is 0 Å². The number of rotatable bonds is 1. The minimum atomic E-state index is 0.352. The van der Waals surface area contributed by atoms with Crippen LogP contribution in [-0.4, -0.2) is 4.98 Å². The van der Waals surface area contributed by atoms with E-state index in [1.807, 2.05) is 31.2 Å². The molecule has 0 amide bonds. The second-order valence-electron chi connectivity index (χ2n) is 3.15. The highest BCUT2D eigenvalue weighted by atomic mass is 35.5. The van der Waals surface area contributed by atoms with E-state index in [1.165, 1.54) is 0 Å². The van der Waals surface area contributed by atoms with Crippen LogP contribution in [0.25, 0.3) is 10.9 Å². The van der Waals surface area contributed by atoms with Crippen molar-refractivity contribution >= 4 is 34.1 Å². The monoisotopic (exact) mass is 225 g/mol. The normalized spacial score (nSPS) is 10.8. The fourth-order valence-electron chi connectivity index (χ4n) is 1.51. The number of aromatic nitrogens is 1. The second kappa shape index (κ2) is 3.76. The summed E-state index contributed by atoms with van der Waals surface area (Å²) >= 11 is 11.9. The van der Waals surface area contributed by atoms with Crippen molar-refractivity contribution < 1.29 is 0 Å². The Kier molecular flexibility index (Phi) is 2.62. The molecule has 0 atom stereocenters. The third kappa shape index (κ3) is 1.47. The van der Waals surface area contributed by atoms with Crippen LogP contribution in [0.5, 0.6) is 0 Å². The molecule has 0 radical (unpaired) electrons. The zero-order valence-electron chi connectivity index (χ0n) is 7.72. The fraction of sp³-hybridized carbons (Fsp3) is 0.182. The molecule has 0 saturated heterocycles. The Labute approximate surface area is 92.7 Å². The summed E-state index contributed by atoms with van der Waals surface area (Å²) in [5, 5.41) is 1.77. The topological polar surface area (TPSA) is 12.9 Å².